The molecule has 0 fully saturated rings. The third-order valence-corrected chi connectivity index (χ3v) is 4.19. The largest absolute Gasteiger partial charge is 0.508 e. The Hall–Kier alpha value is -3.07. The van der Waals surface area contributed by atoms with Crippen molar-refractivity contribution in [3.05, 3.63) is 83.9 Å². The number of phenolic OH excluding ortho intramolecular Hbond substituents is 1. The number of anilines is 1. The van der Waals surface area contributed by atoms with E-state index in [-0.39, 0.29) is 11.7 Å². The van der Waals surface area contributed by atoms with Gasteiger partial charge in [0.1, 0.15) is 5.75 Å². The van der Waals surface area contributed by atoms with Crippen LogP contribution in [0.2, 0.25) is 0 Å². The van der Waals surface area contributed by atoms with Crippen LogP contribution in [-0.2, 0) is 6.54 Å². The highest BCUT2D eigenvalue weighted by Crippen LogP contribution is 2.39. The Morgan fingerprint density at radius 1 is 0.826 bits per heavy atom. The minimum atomic E-state index is -0.0630. The first-order valence-corrected chi connectivity index (χ1v) is 7.52. The van der Waals surface area contributed by atoms with Gasteiger partial charge in [-0.05, 0) is 41.5 Å². The fraction of sp³-hybridized carbons (Fsp3) is 0.0500. The number of phenols is 1. The number of nitrogens with zero attached hydrogens (tertiary/aromatic N) is 1. The van der Waals surface area contributed by atoms with Gasteiger partial charge in [0.15, 0.2) is 0 Å². The number of hydrogen-bond donors (Lipinski definition) is 1. The highest BCUT2D eigenvalue weighted by molar-refractivity contribution is 6.09. The van der Waals surface area contributed by atoms with Crippen LogP contribution in [0, 0.1) is 0 Å². The topological polar surface area (TPSA) is 40.5 Å². The zero-order valence-electron chi connectivity index (χ0n) is 12.4. The van der Waals surface area contributed by atoms with Crippen molar-refractivity contribution in [3.63, 3.8) is 0 Å². The van der Waals surface area contributed by atoms with E-state index in [9.17, 15) is 9.90 Å². The molecule has 3 aromatic rings. The molecule has 0 unspecified atom stereocenters. The Morgan fingerprint density at radius 2 is 1.48 bits per heavy atom. The van der Waals surface area contributed by atoms with Crippen molar-refractivity contribution < 1.29 is 9.90 Å². The molecule has 0 atom stereocenters. The Labute approximate surface area is 134 Å². The molecule has 1 N–H and O–H groups in total. The summed E-state index contributed by atoms with van der Waals surface area (Å²) in [6.07, 6.45) is 0. The standard InChI is InChI=1S/C20H15NO2/c22-16-11-9-14(10-12-16)20(23)21-13-15-5-1-2-6-17(15)18-7-3-4-8-19(18)21/h1-12,22H,13H2. The number of hydrogen-bond acceptors (Lipinski definition) is 2. The van der Waals surface area contributed by atoms with E-state index in [1.165, 1.54) is 17.7 Å². The molecular formula is C20H15NO2. The SMILES string of the molecule is O=C(c1ccc(O)cc1)N1Cc2ccccc2-c2ccccc21. The van der Waals surface area contributed by atoms with E-state index < -0.39 is 0 Å². The van der Waals surface area contributed by atoms with Crippen molar-refractivity contribution in [3.8, 4) is 16.9 Å². The van der Waals surface area contributed by atoms with Crippen LogP contribution in [0.5, 0.6) is 5.75 Å². The molecule has 0 bridgehead atoms. The van der Waals surface area contributed by atoms with Gasteiger partial charge >= 0.3 is 0 Å². The third-order valence-electron chi connectivity index (χ3n) is 4.19. The third kappa shape index (κ3) is 2.27. The molecule has 1 aliphatic rings. The summed E-state index contributed by atoms with van der Waals surface area (Å²) in [4.78, 5) is 14.7. The zero-order valence-corrected chi connectivity index (χ0v) is 12.4. The minimum Gasteiger partial charge on any atom is -0.508 e. The maximum atomic E-state index is 12.9. The van der Waals surface area contributed by atoms with E-state index in [0.717, 1.165) is 16.8 Å². The molecule has 0 spiro atoms. The van der Waals surface area contributed by atoms with Crippen LogP contribution in [0.1, 0.15) is 15.9 Å². The first-order valence-electron chi connectivity index (χ1n) is 7.52. The number of para-hydroxylation sites is 1. The summed E-state index contributed by atoms with van der Waals surface area (Å²) in [5.41, 5.74) is 4.87. The van der Waals surface area contributed by atoms with Gasteiger partial charge in [0, 0.05) is 11.1 Å². The van der Waals surface area contributed by atoms with E-state index in [4.69, 9.17) is 0 Å². The number of amides is 1. The Morgan fingerprint density at radius 3 is 2.26 bits per heavy atom. The highest BCUT2D eigenvalue weighted by Gasteiger charge is 2.26. The Bertz CT molecular complexity index is 884. The summed E-state index contributed by atoms with van der Waals surface area (Å²) < 4.78 is 0. The minimum absolute atomic E-state index is 0.0630. The van der Waals surface area contributed by atoms with Gasteiger partial charge in [-0.2, -0.15) is 0 Å². The summed E-state index contributed by atoms with van der Waals surface area (Å²) >= 11 is 0. The van der Waals surface area contributed by atoms with Gasteiger partial charge in [0.25, 0.3) is 5.91 Å². The molecule has 1 amide bonds. The Balaban J connectivity index is 1.82. The molecule has 0 aliphatic carbocycles. The van der Waals surface area contributed by atoms with Gasteiger partial charge in [-0.3, -0.25) is 4.79 Å². The van der Waals surface area contributed by atoms with Crippen LogP contribution >= 0.6 is 0 Å². The molecule has 23 heavy (non-hydrogen) atoms. The van der Waals surface area contributed by atoms with Crippen LogP contribution in [0.3, 0.4) is 0 Å². The van der Waals surface area contributed by atoms with E-state index in [0.29, 0.717) is 12.1 Å². The molecule has 0 radical (unpaired) electrons. The molecule has 0 saturated carbocycles. The van der Waals surface area contributed by atoms with Crippen LogP contribution in [0.15, 0.2) is 72.8 Å². The van der Waals surface area contributed by atoms with Gasteiger partial charge < -0.3 is 10.0 Å². The van der Waals surface area contributed by atoms with Crippen molar-refractivity contribution >= 4 is 11.6 Å². The number of rotatable bonds is 1. The average molecular weight is 301 g/mol. The number of carbonyl (C=O) groups excluding carboxylic acids is 1. The second-order valence-electron chi connectivity index (χ2n) is 5.61. The molecule has 3 heteroatoms. The summed E-state index contributed by atoms with van der Waals surface area (Å²) in [7, 11) is 0. The normalized spacial score (nSPS) is 12.4. The maximum absolute atomic E-state index is 12.9. The lowest BCUT2D eigenvalue weighted by atomic mass is 9.93. The van der Waals surface area contributed by atoms with Crippen LogP contribution < -0.4 is 4.90 Å². The van der Waals surface area contributed by atoms with E-state index in [1.807, 2.05) is 36.4 Å². The zero-order chi connectivity index (χ0) is 15.8. The quantitative estimate of drug-likeness (QED) is 0.731. The second kappa shape index (κ2) is 5.29. The highest BCUT2D eigenvalue weighted by atomic mass is 16.3. The second-order valence-corrected chi connectivity index (χ2v) is 5.61. The van der Waals surface area contributed by atoms with E-state index in [1.54, 1.807) is 17.0 Å². The predicted molar refractivity (Wildman–Crippen MR) is 90.5 cm³/mol. The number of carbonyl (C=O) groups is 1. The predicted octanol–water partition coefficient (Wildman–Crippen LogP) is 4.22. The van der Waals surface area contributed by atoms with Gasteiger partial charge in [-0.1, -0.05) is 42.5 Å². The fourth-order valence-electron chi connectivity index (χ4n) is 3.05. The van der Waals surface area contributed by atoms with Crippen molar-refractivity contribution in [2.24, 2.45) is 0 Å². The maximum Gasteiger partial charge on any atom is 0.258 e. The molecule has 3 aromatic carbocycles. The molecule has 0 saturated heterocycles. The molecule has 1 aliphatic heterocycles. The molecule has 4 rings (SSSR count). The van der Waals surface area contributed by atoms with Crippen molar-refractivity contribution in [2.75, 3.05) is 4.90 Å². The first kappa shape index (κ1) is 13.6. The van der Waals surface area contributed by atoms with E-state index >= 15 is 0 Å². The summed E-state index contributed by atoms with van der Waals surface area (Å²) in [6, 6.07) is 22.5. The van der Waals surface area contributed by atoms with E-state index in [2.05, 4.69) is 12.1 Å². The molecule has 3 nitrogen and oxygen atoms in total. The van der Waals surface area contributed by atoms with Gasteiger partial charge in [0.2, 0.25) is 0 Å². The van der Waals surface area contributed by atoms with Crippen molar-refractivity contribution in [2.45, 2.75) is 6.54 Å². The fourth-order valence-corrected chi connectivity index (χ4v) is 3.05. The van der Waals surface area contributed by atoms with Gasteiger partial charge in [-0.25, -0.2) is 0 Å². The molecule has 112 valence electrons. The average Bonchev–Trinajstić information content (AvgIpc) is 2.61. The van der Waals surface area contributed by atoms with Crippen LogP contribution in [0.25, 0.3) is 11.1 Å². The van der Waals surface area contributed by atoms with Gasteiger partial charge in [0.05, 0.1) is 12.2 Å². The number of aromatic hydroxyl groups is 1. The molecular weight excluding hydrogens is 286 g/mol. The smallest absolute Gasteiger partial charge is 0.258 e. The monoisotopic (exact) mass is 301 g/mol. The Kier molecular flexibility index (Phi) is 3.12. The summed E-state index contributed by atoms with van der Waals surface area (Å²) in [5.74, 6) is 0.0953. The summed E-state index contributed by atoms with van der Waals surface area (Å²) in [6.45, 7) is 0.549. The molecule has 1 heterocycles. The number of benzene rings is 3. The summed E-state index contributed by atoms with van der Waals surface area (Å²) in [5, 5.41) is 9.41. The van der Waals surface area contributed by atoms with Crippen LogP contribution in [-0.4, -0.2) is 11.0 Å². The van der Waals surface area contributed by atoms with Crippen LogP contribution in [0.4, 0.5) is 5.69 Å². The van der Waals surface area contributed by atoms with Gasteiger partial charge in [-0.15, -0.1) is 0 Å². The van der Waals surface area contributed by atoms with Crippen molar-refractivity contribution in [1.82, 2.24) is 0 Å². The van der Waals surface area contributed by atoms with Crippen molar-refractivity contribution in [1.29, 1.82) is 0 Å². The first-order chi connectivity index (χ1) is 11.2. The lowest BCUT2D eigenvalue weighted by Gasteiger charge is -2.31. The lowest BCUT2D eigenvalue weighted by molar-refractivity contribution is 0.0985. The molecule has 0 aromatic heterocycles. The number of fused-ring (bicyclic) bond motifs is 3. The lowest BCUT2D eigenvalue weighted by Crippen LogP contribution is -2.33.